The van der Waals surface area contributed by atoms with Crippen molar-refractivity contribution in [2.24, 2.45) is 5.92 Å². The van der Waals surface area contributed by atoms with Gasteiger partial charge in [-0.3, -0.25) is 0 Å². The maximum absolute atomic E-state index is 3.79. The van der Waals surface area contributed by atoms with E-state index in [1.54, 1.807) is 0 Å². The summed E-state index contributed by atoms with van der Waals surface area (Å²) < 4.78 is 0. The summed E-state index contributed by atoms with van der Waals surface area (Å²) in [5.74, 6) is 1.88. The van der Waals surface area contributed by atoms with Crippen LogP contribution in [0.15, 0.2) is 23.6 Å². The minimum atomic E-state index is 0.733. The van der Waals surface area contributed by atoms with Gasteiger partial charge in [-0.2, -0.15) is 0 Å². The van der Waals surface area contributed by atoms with Crippen molar-refractivity contribution in [1.29, 1.82) is 0 Å². The molecule has 0 aliphatic heterocycles. The molecule has 0 spiro atoms. The zero-order valence-electron chi connectivity index (χ0n) is 7.76. The van der Waals surface area contributed by atoms with Gasteiger partial charge >= 0.3 is 0 Å². The van der Waals surface area contributed by atoms with Gasteiger partial charge in [0.1, 0.15) is 0 Å². The highest BCUT2D eigenvalue weighted by atomic mass is 32.2. The molecule has 0 rings (SSSR count). The lowest BCUT2D eigenvalue weighted by Crippen LogP contribution is -1.87. The molecule has 0 aliphatic rings. The van der Waals surface area contributed by atoms with Crippen LogP contribution in [0.25, 0.3) is 0 Å². The van der Waals surface area contributed by atoms with Gasteiger partial charge in [-0.05, 0) is 29.1 Å². The molecule has 0 unspecified atom stereocenters. The minimum absolute atomic E-state index is 0.733. The lowest BCUT2D eigenvalue weighted by Gasteiger charge is -2.04. The Morgan fingerprint density at radius 1 is 1.55 bits per heavy atom. The quantitative estimate of drug-likeness (QED) is 0.565. The van der Waals surface area contributed by atoms with Gasteiger partial charge in [-0.1, -0.05) is 33.4 Å². The normalized spacial score (nSPS) is 12.2. The van der Waals surface area contributed by atoms with Crippen molar-refractivity contribution in [3.63, 3.8) is 0 Å². The predicted molar refractivity (Wildman–Crippen MR) is 55.9 cm³/mol. The maximum Gasteiger partial charge on any atom is -0.00543 e. The fourth-order valence-corrected chi connectivity index (χ4v) is 1.41. The molecule has 0 fully saturated rings. The molecule has 0 radical (unpaired) electrons. The largest absolute Gasteiger partial charge is 0.134 e. The number of hydrogen-bond donors (Lipinski definition) is 0. The lowest BCUT2D eigenvalue weighted by molar-refractivity contribution is 0.651. The number of allylic oxidation sites excluding steroid dienone is 2. The van der Waals surface area contributed by atoms with E-state index in [-0.39, 0.29) is 0 Å². The van der Waals surface area contributed by atoms with Crippen LogP contribution in [-0.4, -0.2) is 5.75 Å². The van der Waals surface area contributed by atoms with Gasteiger partial charge in [0.2, 0.25) is 0 Å². The molecule has 0 aliphatic carbocycles. The van der Waals surface area contributed by atoms with E-state index in [9.17, 15) is 0 Å². The number of rotatable bonds is 5. The van der Waals surface area contributed by atoms with Crippen molar-refractivity contribution in [2.75, 3.05) is 5.75 Å². The van der Waals surface area contributed by atoms with Crippen LogP contribution >= 0.6 is 11.8 Å². The van der Waals surface area contributed by atoms with Gasteiger partial charge < -0.3 is 0 Å². The average Bonchev–Trinajstić information content (AvgIpc) is 1.97. The molecular weight excluding hydrogens is 152 g/mol. The van der Waals surface area contributed by atoms with Gasteiger partial charge in [-0.25, -0.2) is 0 Å². The highest BCUT2D eigenvalue weighted by Crippen LogP contribution is 2.15. The van der Waals surface area contributed by atoms with Crippen molar-refractivity contribution in [1.82, 2.24) is 0 Å². The Balaban J connectivity index is 3.83. The molecule has 0 aromatic carbocycles. The second-order valence-corrected chi connectivity index (χ2v) is 4.10. The van der Waals surface area contributed by atoms with Crippen LogP contribution in [0.2, 0.25) is 0 Å². The topological polar surface area (TPSA) is 0 Å². The first-order valence-corrected chi connectivity index (χ1v) is 5.18. The van der Waals surface area contributed by atoms with Crippen molar-refractivity contribution in [2.45, 2.75) is 27.2 Å². The molecule has 1 heteroatoms. The van der Waals surface area contributed by atoms with Crippen LogP contribution in [0.4, 0.5) is 0 Å². The highest BCUT2D eigenvalue weighted by Gasteiger charge is 1.95. The summed E-state index contributed by atoms with van der Waals surface area (Å²) in [5.41, 5.74) is 1.37. The third kappa shape index (κ3) is 6.24. The predicted octanol–water partition coefficient (Wildman–Crippen LogP) is 3.86. The number of thioether (sulfide) groups is 1. The smallest absolute Gasteiger partial charge is 0.00543 e. The molecule has 0 nitrogen and oxygen atoms in total. The van der Waals surface area contributed by atoms with E-state index in [0.717, 1.165) is 18.1 Å². The summed E-state index contributed by atoms with van der Waals surface area (Å²) in [7, 11) is 0. The van der Waals surface area contributed by atoms with Gasteiger partial charge in [0.15, 0.2) is 0 Å². The van der Waals surface area contributed by atoms with Crippen molar-refractivity contribution in [3.8, 4) is 0 Å². The second-order valence-electron chi connectivity index (χ2n) is 2.95. The van der Waals surface area contributed by atoms with Crippen molar-refractivity contribution >= 4 is 11.8 Å². The fourth-order valence-electron chi connectivity index (χ4n) is 0.841. The summed E-state index contributed by atoms with van der Waals surface area (Å²) in [4.78, 5) is 0. The molecule has 64 valence electrons. The first kappa shape index (κ1) is 10.8. The maximum atomic E-state index is 3.79. The molecule has 0 aromatic rings. The summed E-state index contributed by atoms with van der Waals surface area (Å²) in [6.07, 6.45) is 3.11. The van der Waals surface area contributed by atoms with Crippen LogP contribution in [0, 0.1) is 5.92 Å². The lowest BCUT2D eigenvalue weighted by atomic mass is 10.1. The Hall–Kier alpha value is -0.170. The van der Waals surface area contributed by atoms with Crippen LogP contribution in [-0.2, 0) is 0 Å². The Bertz CT molecular complexity index is 134. The highest BCUT2D eigenvalue weighted by molar-refractivity contribution is 8.02. The standard InChI is InChI=1S/C10H18S/c1-5-10(7-9(3)4)8-11-6-2/h5,8-9H,1,6-7H2,2-4H3/b10-8+. The molecule has 0 saturated carbocycles. The molecule has 0 atom stereocenters. The average molecular weight is 170 g/mol. The molecular formula is C10H18S. The molecule has 11 heavy (non-hydrogen) atoms. The molecule has 0 N–H and O–H groups in total. The monoisotopic (exact) mass is 170 g/mol. The van der Waals surface area contributed by atoms with Crippen molar-refractivity contribution in [3.05, 3.63) is 23.6 Å². The van der Waals surface area contributed by atoms with E-state index in [2.05, 4.69) is 32.8 Å². The minimum Gasteiger partial charge on any atom is -0.134 e. The van der Waals surface area contributed by atoms with Gasteiger partial charge in [0.25, 0.3) is 0 Å². The molecule has 0 amide bonds. The van der Waals surface area contributed by atoms with E-state index in [1.807, 2.05) is 17.8 Å². The molecule has 0 saturated heterocycles. The van der Waals surface area contributed by atoms with E-state index >= 15 is 0 Å². The Kier molecular flexibility index (Phi) is 6.43. The fraction of sp³-hybridized carbons (Fsp3) is 0.600. The van der Waals surface area contributed by atoms with E-state index in [0.29, 0.717) is 0 Å². The van der Waals surface area contributed by atoms with Crippen LogP contribution < -0.4 is 0 Å². The molecule has 0 bridgehead atoms. The van der Waals surface area contributed by atoms with Crippen LogP contribution in [0.5, 0.6) is 0 Å². The zero-order valence-corrected chi connectivity index (χ0v) is 8.58. The summed E-state index contributed by atoms with van der Waals surface area (Å²) in [6.45, 7) is 10.4. The first-order valence-electron chi connectivity index (χ1n) is 4.13. The zero-order chi connectivity index (χ0) is 8.69. The first-order chi connectivity index (χ1) is 5.20. The molecule has 0 heterocycles. The SMILES string of the molecule is C=C/C(=C\SCC)CC(C)C. The Morgan fingerprint density at radius 2 is 2.18 bits per heavy atom. The summed E-state index contributed by atoms with van der Waals surface area (Å²) in [6, 6.07) is 0. The Labute approximate surface area is 74.8 Å². The van der Waals surface area contributed by atoms with E-state index in [1.165, 1.54) is 5.57 Å². The van der Waals surface area contributed by atoms with Crippen LogP contribution in [0.1, 0.15) is 27.2 Å². The number of hydrogen-bond acceptors (Lipinski definition) is 1. The Morgan fingerprint density at radius 3 is 2.55 bits per heavy atom. The van der Waals surface area contributed by atoms with Gasteiger partial charge in [0.05, 0.1) is 0 Å². The second kappa shape index (κ2) is 6.53. The summed E-state index contributed by atoms with van der Waals surface area (Å²) >= 11 is 1.85. The third-order valence-electron chi connectivity index (χ3n) is 1.31. The van der Waals surface area contributed by atoms with Gasteiger partial charge in [0, 0.05) is 0 Å². The van der Waals surface area contributed by atoms with E-state index in [4.69, 9.17) is 0 Å². The third-order valence-corrected chi connectivity index (χ3v) is 2.11. The van der Waals surface area contributed by atoms with Gasteiger partial charge in [-0.15, -0.1) is 11.8 Å². The van der Waals surface area contributed by atoms with E-state index < -0.39 is 0 Å². The van der Waals surface area contributed by atoms with Crippen LogP contribution in [0.3, 0.4) is 0 Å². The van der Waals surface area contributed by atoms with Crippen molar-refractivity contribution < 1.29 is 0 Å². The molecule has 0 aromatic heterocycles. The summed E-state index contributed by atoms with van der Waals surface area (Å²) in [5, 5.41) is 2.22.